The van der Waals surface area contributed by atoms with E-state index in [0.717, 1.165) is 18.6 Å². The smallest absolute Gasteiger partial charge is 0.243 e. The van der Waals surface area contributed by atoms with E-state index in [4.69, 9.17) is 21.1 Å². The van der Waals surface area contributed by atoms with Gasteiger partial charge in [-0.1, -0.05) is 11.6 Å². The largest absolute Gasteiger partial charge is 0.494 e. The van der Waals surface area contributed by atoms with Crippen molar-refractivity contribution in [3.63, 3.8) is 0 Å². The number of hydrogen-bond acceptors (Lipinski definition) is 5. The predicted molar refractivity (Wildman–Crippen MR) is 119 cm³/mol. The molecule has 0 aliphatic carbocycles. The van der Waals surface area contributed by atoms with Crippen LogP contribution in [-0.4, -0.2) is 51.5 Å². The number of nitrogens with one attached hydrogen (secondary N) is 1. The van der Waals surface area contributed by atoms with Gasteiger partial charge in [0, 0.05) is 24.5 Å². The topological polar surface area (TPSA) is 84.9 Å². The minimum Gasteiger partial charge on any atom is -0.494 e. The number of carbonyl (C=O) groups excluding carboxylic acids is 1. The number of ether oxygens (including phenoxy) is 2. The molecular formula is C22H27ClN2O5S. The molecule has 1 aliphatic rings. The van der Waals surface area contributed by atoms with Gasteiger partial charge in [0.25, 0.3) is 0 Å². The first-order valence-electron chi connectivity index (χ1n) is 10.3. The standard InChI is InChI=1S/C22H27ClN2O5S/c23-18-5-7-19(8-6-18)29-16-3-4-22(26)24-13-17-30-20-9-11-21(12-10-20)31(27,28)25-14-1-2-15-25/h5-12H,1-4,13-17H2,(H,24,26). The molecule has 0 unspecified atom stereocenters. The van der Waals surface area contributed by atoms with Crippen molar-refractivity contribution in [1.82, 2.24) is 9.62 Å². The summed E-state index contributed by atoms with van der Waals surface area (Å²) in [5.74, 6) is 1.21. The number of carbonyl (C=O) groups is 1. The molecule has 3 rings (SSSR count). The van der Waals surface area contributed by atoms with Crippen molar-refractivity contribution in [2.45, 2.75) is 30.6 Å². The van der Waals surface area contributed by atoms with Gasteiger partial charge in [-0.15, -0.1) is 0 Å². The summed E-state index contributed by atoms with van der Waals surface area (Å²) in [7, 11) is -3.42. The number of nitrogens with zero attached hydrogens (tertiary/aromatic N) is 1. The average Bonchev–Trinajstić information content (AvgIpc) is 3.32. The van der Waals surface area contributed by atoms with Crippen LogP contribution in [0.5, 0.6) is 11.5 Å². The van der Waals surface area contributed by atoms with Crippen LogP contribution in [0.2, 0.25) is 5.02 Å². The van der Waals surface area contributed by atoms with Gasteiger partial charge in [0.05, 0.1) is 18.0 Å². The Morgan fingerprint density at radius 2 is 1.52 bits per heavy atom. The van der Waals surface area contributed by atoms with E-state index in [1.165, 1.54) is 4.31 Å². The fraction of sp³-hybridized carbons (Fsp3) is 0.409. The Kier molecular flexibility index (Phi) is 8.57. The Bertz CT molecular complexity index is 943. The van der Waals surface area contributed by atoms with Crippen molar-refractivity contribution < 1.29 is 22.7 Å². The zero-order valence-corrected chi connectivity index (χ0v) is 18.8. The van der Waals surface area contributed by atoms with Crippen LogP contribution >= 0.6 is 11.6 Å². The lowest BCUT2D eigenvalue weighted by Gasteiger charge is -2.15. The monoisotopic (exact) mass is 466 g/mol. The Morgan fingerprint density at radius 3 is 2.16 bits per heavy atom. The third-order valence-corrected chi connectivity index (χ3v) is 7.01. The van der Waals surface area contributed by atoms with Crippen molar-refractivity contribution in [2.75, 3.05) is 32.8 Å². The highest BCUT2D eigenvalue weighted by Gasteiger charge is 2.26. The molecule has 1 aliphatic heterocycles. The first kappa shape index (κ1) is 23.4. The molecule has 0 spiro atoms. The van der Waals surface area contributed by atoms with Gasteiger partial charge < -0.3 is 14.8 Å². The summed E-state index contributed by atoms with van der Waals surface area (Å²) in [6.07, 6.45) is 2.77. The van der Waals surface area contributed by atoms with Crippen LogP contribution < -0.4 is 14.8 Å². The van der Waals surface area contributed by atoms with Crippen LogP contribution in [0, 0.1) is 0 Å². The maximum Gasteiger partial charge on any atom is 0.243 e. The number of amides is 1. The molecular weight excluding hydrogens is 440 g/mol. The summed E-state index contributed by atoms with van der Waals surface area (Å²) in [6.45, 7) is 2.26. The predicted octanol–water partition coefficient (Wildman–Crippen LogP) is 3.48. The summed E-state index contributed by atoms with van der Waals surface area (Å²) in [5, 5.41) is 3.44. The first-order valence-corrected chi connectivity index (χ1v) is 12.1. The van der Waals surface area contributed by atoms with Gasteiger partial charge in [-0.05, 0) is 67.8 Å². The third-order valence-electron chi connectivity index (χ3n) is 4.85. The normalized spacial score (nSPS) is 14.4. The summed E-state index contributed by atoms with van der Waals surface area (Å²) in [4.78, 5) is 12.2. The van der Waals surface area contributed by atoms with Crippen LogP contribution in [-0.2, 0) is 14.8 Å². The van der Waals surface area contributed by atoms with Crippen LogP contribution in [0.15, 0.2) is 53.4 Å². The van der Waals surface area contributed by atoms with Crippen LogP contribution in [0.4, 0.5) is 0 Å². The molecule has 0 saturated carbocycles. The molecule has 1 N–H and O–H groups in total. The maximum absolute atomic E-state index is 12.5. The highest BCUT2D eigenvalue weighted by molar-refractivity contribution is 7.89. The number of hydrogen-bond donors (Lipinski definition) is 1. The van der Waals surface area contributed by atoms with Gasteiger partial charge in [-0.2, -0.15) is 4.31 Å². The lowest BCUT2D eigenvalue weighted by atomic mass is 10.3. The summed E-state index contributed by atoms with van der Waals surface area (Å²) < 4.78 is 37.7. The molecule has 0 atom stereocenters. The number of halogens is 1. The Morgan fingerprint density at radius 1 is 0.935 bits per heavy atom. The molecule has 31 heavy (non-hydrogen) atoms. The molecule has 1 saturated heterocycles. The number of rotatable bonds is 11. The molecule has 0 radical (unpaired) electrons. The zero-order chi connectivity index (χ0) is 22.1. The molecule has 1 fully saturated rings. The van der Waals surface area contributed by atoms with E-state index in [1.807, 2.05) is 0 Å². The van der Waals surface area contributed by atoms with Gasteiger partial charge in [-0.3, -0.25) is 4.79 Å². The highest BCUT2D eigenvalue weighted by atomic mass is 35.5. The fourth-order valence-corrected chi connectivity index (χ4v) is 4.83. The van der Waals surface area contributed by atoms with Crippen molar-refractivity contribution in [3.05, 3.63) is 53.6 Å². The molecule has 0 aromatic heterocycles. The lowest BCUT2D eigenvalue weighted by Crippen LogP contribution is -2.28. The van der Waals surface area contributed by atoms with E-state index in [0.29, 0.717) is 56.5 Å². The summed E-state index contributed by atoms with van der Waals surface area (Å²) in [5.41, 5.74) is 0. The van der Waals surface area contributed by atoms with E-state index >= 15 is 0 Å². The molecule has 9 heteroatoms. The summed E-state index contributed by atoms with van der Waals surface area (Å²) >= 11 is 5.82. The lowest BCUT2D eigenvalue weighted by molar-refractivity contribution is -0.121. The number of benzene rings is 2. The van der Waals surface area contributed by atoms with E-state index in [9.17, 15) is 13.2 Å². The van der Waals surface area contributed by atoms with Crippen LogP contribution in [0.1, 0.15) is 25.7 Å². The molecule has 7 nitrogen and oxygen atoms in total. The highest BCUT2D eigenvalue weighted by Crippen LogP contribution is 2.22. The van der Waals surface area contributed by atoms with Gasteiger partial charge in [0.15, 0.2) is 0 Å². The SMILES string of the molecule is O=C(CCCOc1ccc(Cl)cc1)NCCOc1ccc(S(=O)(=O)N2CCCC2)cc1. The second-order valence-corrected chi connectivity index (χ2v) is 9.56. The molecule has 1 heterocycles. The minimum absolute atomic E-state index is 0.0737. The minimum atomic E-state index is -3.42. The van der Waals surface area contributed by atoms with E-state index in [-0.39, 0.29) is 10.8 Å². The van der Waals surface area contributed by atoms with Crippen LogP contribution in [0.3, 0.4) is 0 Å². The van der Waals surface area contributed by atoms with E-state index in [2.05, 4.69) is 5.32 Å². The van der Waals surface area contributed by atoms with Crippen molar-refractivity contribution in [3.8, 4) is 11.5 Å². The van der Waals surface area contributed by atoms with Gasteiger partial charge >= 0.3 is 0 Å². The molecule has 168 valence electrons. The number of sulfonamides is 1. The van der Waals surface area contributed by atoms with E-state index in [1.54, 1.807) is 48.5 Å². The van der Waals surface area contributed by atoms with Crippen molar-refractivity contribution in [2.24, 2.45) is 0 Å². The molecule has 2 aromatic carbocycles. The average molecular weight is 467 g/mol. The van der Waals surface area contributed by atoms with Crippen LogP contribution in [0.25, 0.3) is 0 Å². The summed E-state index contributed by atoms with van der Waals surface area (Å²) in [6, 6.07) is 13.5. The quantitative estimate of drug-likeness (QED) is 0.512. The molecule has 2 aromatic rings. The zero-order valence-electron chi connectivity index (χ0n) is 17.3. The van der Waals surface area contributed by atoms with Gasteiger partial charge in [-0.25, -0.2) is 8.42 Å². The van der Waals surface area contributed by atoms with Crippen molar-refractivity contribution in [1.29, 1.82) is 0 Å². The Hall–Kier alpha value is -2.29. The van der Waals surface area contributed by atoms with E-state index < -0.39 is 10.0 Å². The molecule has 0 bridgehead atoms. The molecule has 1 amide bonds. The first-order chi connectivity index (χ1) is 14.9. The fourth-order valence-electron chi connectivity index (χ4n) is 3.19. The Labute approximate surface area is 188 Å². The van der Waals surface area contributed by atoms with Gasteiger partial charge in [0.2, 0.25) is 15.9 Å². The maximum atomic E-state index is 12.5. The Balaban J connectivity index is 1.30. The van der Waals surface area contributed by atoms with Crippen molar-refractivity contribution >= 4 is 27.5 Å². The third kappa shape index (κ3) is 7.12. The second kappa shape index (κ2) is 11.4. The second-order valence-electron chi connectivity index (χ2n) is 7.19. The van der Waals surface area contributed by atoms with Gasteiger partial charge in [0.1, 0.15) is 18.1 Å².